The van der Waals surface area contributed by atoms with Crippen molar-refractivity contribution in [1.82, 2.24) is 14.8 Å². The van der Waals surface area contributed by atoms with Gasteiger partial charge in [-0.2, -0.15) is 5.10 Å². The van der Waals surface area contributed by atoms with E-state index < -0.39 is 6.10 Å². The Hall–Kier alpha value is -0.950. The summed E-state index contributed by atoms with van der Waals surface area (Å²) in [5, 5.41) is 15.1. The summed E-state index contributed by atoms with van der Waals surface area (Å²) in [6.45, 7) is 1.07. The SMILES string of the molecule is COCCn1ncc(Br)c1C(O)c1ccc(Cl)cn1. The minimum absolute atomic E-state index is 0.516. The summed E-state index contributed by atoms with van der Waals surface area (Å²) in [5.74, 6) is 0. The maximum atomic E-state index is 10.4. The molecule has 19 heavy (non-hydrogen) atoms. The van der Waals surface area contributed by atoms with E-state index in [-0.39, 0.29) is 0 Å². The second-order valence-corrected chi connectivity index (χ2v) is 5.19. The predicted molar refractivity (Wildman–Crippen MR) is 75.1 cm³/mol. The number of aliphatic hydroxyl groups excluding tert-OH is 1. The van der Waals surface area contributed by atoms with E-state index in [0.29, 0.717) is 29.6 Å². The molecule has 0 radical (unpaired) electrons. The molecule has 0 saturated carbocycles. The fraction of sp³-hybridized carbons (Fsp3) is 0.333. The molecular formula is C12H13BrClN3O2. The lowest BCUT2D eigenvalue weighted by Crippen LogP contribution is -2.14. The van der Waals surface area contributed by atoms with Crippen LogP contribution in [0.25, 0.3) is 0 Å². The number of nitrogens with zero attached hydrogens (tertiary/aromatic N) is 3. The molecule has 2 aromatic heterocycles. The van der Waals surface area contributed by atoms with Crippen LogP contribution in [0.1, 0.15) is 17.5 Å². The zero-order valence-corrected chi connectivity index (χ0v) is 12.6. The van der Waals surface area contributed by atoms with Crippen LogP contribution in [0.15, 0.2) is 29.0 Å². The van der Waals surface area contributed by atoms with Gasteiger partial charge in [-0.15, -0.1) is 0 Å². The lowest BCUT2D eigenvalue weighted by Gasteiger charge is -2.13. The van der Waals surface area contributed by atoms with Crippen molar-refractivity contribution in [1.29, 1.82) is 0 Å². The molecule has 0 aliphatic carbocycles. The highest BCUT2D eigenvalue weighted by Crippen LogP contribution is 2.27. The van der Waals surface area contributed by atoms with Gasteiger partial charge in [0.05, 0.1) is 40.2 Å². The van der Waals surface area contributed by atoms with E-state index in [1.54, 1.807) is 30.1 Å². The molecule has 102 valence electrons. The van der Waals surface area contributed by atoms with E-state index >= 15 is 0 Å². The van der Waals surface area contributed by atoms with Crippen molar-refractivity contribution in [3.8, 4) is 0 Å². The number of aromatic nitrogens is 3. The first kappa shape index (κ1) is 14.5. The van der Waals surface area contributed by atoms with E-state index in [1.165, 1.54) is 6.20 Å². The molecule has 0 amide bonds. The van der Waals surface area contributed by atoms with Gasteiger partial charge < -0.3 is 9.84 Å². The van der Waals surface area contributed by atoms with E-state index in [4.69, 9.17) is 16.3 Å². The predicted octanol–water partition coefficient (Wildman–Crippen LogP) is 2.42. The number of ether oxygens (including phenoxy) is 1. The highest BCUT2D eigenvalue weighted by Gasteiger charge is 2.20. The summed E-state index contributed by atoms with van der Waals surface area (Å²) in [6.07, 6.45) is 2.28. The van der Waals surface area contributed by atoms with Crippen LogP contribution in [0, 0.1) is 0 Å². The fourth-order valence-electron chi connectivity index (χ4n) is 1.69. The van der Waals surface area contributed by atoms with Gasteiger partial charge in [0.25, 0.3) is 0 Å². The van der Waals surface area contributed by atoms with Gasteiger partial charge in [-0.25, -0.2) is 0 Å². The largest absolute Gasteiger partial charge is 0.383 e. The third-order valence-corrected chi connectivity index (χ3v) is 3.46. The van der Waals surface area contributed by atoms with Gasteiger partial charge in [-0.05, 0) is 28.1 Å². The Kier molecular flexibility index (Phi) is 4.93. The molecule has 0 saturated heterocycles. The van der Waals surface area contributed by atoms with Crippen LogP contribution in [-0.4, -0.2) is 33.6 Å². The van der Waals surface area contributed by atoms with E-state index in [1.807, 2.05) is 0 Å². The molecular weight excluding hydrogens is 334 g/mol. The van der Waals surface area contributed by atoms with Crippen molar-refractivity contribution in [2.45, 2.75) is 12.6 Å². The van der Waals surface area contributed by atoms with Crippen LogP contribution in [0.5, 0.6) is 0 Å². The van der Waals surface area contributed by atoms with E-state index in [9.17, 15) is 5.11 Å². The molecule has 1 atom stereocenters. The normalized spacial score (nSPS) is 12.6. The number of pyridine rings is 1. The Labute approximate surface area is 124 Å². The van der Waals surface area contributed by atoms with Crippen LogP contribution in [0.2, 0.25) is 5.02 Å². The summed E-state index contributed by atoms with van der Waals surface area (Å²) in [5.41, 5.74) is 1.16. The van der Waals surface area contributed by atoms with E-state index in [2.05, 4.69) is 26.0 Å². The lowest BCUT2D eigenvalue weighted by molar-refractivity contribution is 0.169. The molecule has 2 rings (SSSR count). The van der Waals surface area contributed by atoms with Crippen molar-refractivity contribution >= 4 is 27.5 Å². The van der Waals surface area contributed by atoms with Crippen LogP contribution < -0.4 is 0 Å². The minimum atomic E-state index is -0.869. The third-order valence-electron chi connectivity index (χ3n) is 2.63. The number of halogens is 2. The second kappa shape index (κ2) is 6.47. The first-order valence-electron chi connectivity index (χ1n) is 5.63. The Balaban J connectivity index is 2.29. The monoisotopic (exact) mass is 345 g/mol. The van der Waals surface area contributed by atoms with Gasteiger partial charge in [-0.1, -0.05) is 11.6 Å². The number of rotatable bonds is 5. The van der Waals surface area contributed by atoms with Gasteiger partial charge in [0.2, 0.25) is 0 Å². The highest BCUT2D eigenvalue weighted by atomic mass is 79.9. The van der Waals surface area contributed by atoms with Gasteiger partial charge in [-0.3, -0.25) is 9.67 Å². The number of hydrogen-bond donors (Lipinski definition) is 1. The smallest absolute Gasteiger partial charge is 0.139 e. The van der Waals surface area contributed by atoms with Crippen LogP contribution in [0.4, 0.5) is 0 Å². The highest BCUT2D eigenvalue weighted by molar-refractivity contribution is 9.10. The van der Waals surface area contributed by atoms with Crippen molar-refractivity contribution < 1.29 is 9.84 Å². The summed E-state index contributed by atoms with van der Waals surface area (Å²) in [4.78, 5) is 4.12. The lowest BCUT2D eigenvalue weighted by atomic mass is 10.1. The Bertz CT molecular complexity index is 544. The summed E-state index contributed by atoms with van der Waals surface area (Å²) >= 11 is 9.17. The molecule has 0 aromatic carbocycles. The molecule has 0 aliphatic heterocycles. The third kappa shape index (κ3) is 3.33. The number of aliphatic hydroxyl groups is 1. The quantitative estimate of drug-likeness (QED) is 0.903. The van der Waals surface area contributed by atoms with E-state index in [0.717, 1.165) is 4.47 Å². The molecule has 0 bridgehead atoms. The van der Waals surface area contributed by atoms with Crippen molar-refractivity contribution in [3.05, 3.63) is 45.4 Å². The molecule has 0 spiro atoms. The fourth-order valence-corrected chi connectivity index (χ4v) is 2.31. The van der Waals surface area contributed by atoms with Crippen LogP contribution in [0.3, 0.4) is 0 Å². The standard InChI is InChI=1S/C12H13BrClN3O2/c1-19-5-4-17-11(9(13)7-16-17)12(18)10-3-2-8(14)6-15-10/h2-3,6-7,12,18H,4-5H2,1H3. The summed E-state index contributed by atoms with van der Waals surface area (Å²) < 4.78 is 7.44. The van der Waals surface area contributed by atoms with Crippen molar-refractivity contribution in [2.24, 2.45) is 0 Å². The average molecular weight is 347 g/mol. The minimum Gasteiger partial charge on any atom is -0.383 e. The van der Waals surface area contributed by atoms with Gasteiger partial charge >= 0.3 is 0 Å². The zero-order valence-electron chi connectivity index (χ0n) is 10.3. The molecule has 7 heteroatoms. The second-order valence-electron chi connectivity index (χ2n) is 3.90. The molecule has 0 aliphatic rings. The molecule has 1 N–H and O–H groups in total. The first-order chi connectivity index (χ1) is 9.13. The first-order valence-corrected chi connectivity index (χ1v) is 6.80. The number of hydrogen-bond acceptors (Lipinski definition) is 4. The molecule has 1 unspecified atom stereocenters. The molecule has 2 aromatic rings. The Morgan fingerprint density at radius 2 is 2.26 bits per heavy atom. The average Bonchev–Trinajstić information content (AvgIpc) is 2.77. The zero-order chi connectivity index (χ0) is 13.8. The van der Waals surface area contributed by atoms with Gasteiger partial charge in [0.15, 0.2) is 0 Å². The Morgan fingerprint density at radius 1 is 1.47 bits per heavy atom. The number of methoxy groups -OCH3 is 1. The Morgan fingerprint density at radius 3 is 2.89 bits per heavy atom. The topological polar surface area (TPSA) is 60.2 Å². The van der Waals surface area contributed by atoms with Crippen LogP contribution >= 0.6 is 27.5 Å². The molecule has 0 fully saturated rings. The summed E-state index contributed by atoms with van der Waals surface area (Å²) in [7, 11) is 1.62. The van der Waals surface area contributed by atoms with Crippen LogP contribution in [-0.2, 0) is 11.3 Å². The van der Waals surface area contributed by atoms with Gasteiger partial charge in [0.1, 0.15) is 6.10 Å². The van der Waals surface area contributed by atoms with Gasteiger partial charge in [0, 0.05) is 13.3 Å². The maximum absolute atomic E-state index is 10.4. The summed E-state index contributed by atoms with van der Waals surface area (Å²) in [6, 6.07) is 3.38. The van der Waals surface area contributed by atoms with Crippen molar-refractivity contribution in [2.75, 3.05) is 13.7 Å². The maximum Gasteiger partial charge on any atom is 0.139 e. The molecule has 2 heterocycles. The van der Waals surface area contributed by atoms with Crippen molar-refractivity contribution in [3.63, 3.8) is 0 Å². The molecule has 5 nitrogen and oxygen atoms in total.